The highest BCUT2D eigenvalue weighted by atomic mass is 15.0. The normalized spacial score (nSPS) is 40.8. The van der Waals surface area contributed by atoms with Crippen LogP contribution in [0, 0.1) is 17.3 Å². The van der Waals surface area contributed by atoms with Gasteiger partial charge in [0.1, 0.15) is 0 Å². The van der Waals surface area contributed by atoms with Gasteiger partial charge < -0.3 is 0 Å². The maximum absolute atomic E-state index is 2.46. The minimum Gasteiger partial charge on any atom is -0.0622 e. The Morgan fingerprint density at radius 1 is 0.583 bits per heavy atom. The summed E-state index contributed by atoms with van der Waals surface area (Å²) in [6.07, 6.45) is 10.2. The molecule has 0 saturated heterocycles. The summed E-state index contributed by atoms with van der Waals surface area (Å²) in [7, 11) is 0. The highest BCUT2D eigenvalue weighted by Gasteiger charge is 2.97. The van der Waals surface area contributed by atoms with Gasteiger partial charge in [0.2, 0.25) is 0 Å². The molecule has 0 N–H and O–H groups in total. The zero-order chi connectivity index (χ0) is 15.8. The minimum atomic E-state index is 0.459. The van der Waals surface area contributed by atoms with Gasteiger partial charge in [-0.25, -0.2) is 0 Å². The first-order chi connectivity index (χ1) is 11.9. The van der Waals surface area contributed by atoms with E-state index < -0.39 is 0 Å². The summed E-state index contributed by atoms with van der Waals surface area (Å²) in [5, 5.41) is 0. The first-order valence-corrected chi connectivity index (χ1v) is 10.0. The van der Waals surface area contributed by atoms with Crippen molar-refractivity contribution in [2.75, 3.05) is 0 Å². The maximum atomic E-state index is 2.46. The molecule has 24 heavy (non-hydrogen) atoms. The van der Waals surface area contributed by atoms with Crippen LogP contribution in [0.15, 0.2) is 60.7 Å². The highest BCUT2D eigenvalue weighted by Crippen LogP contribution is 2.98. The summed E-state index contributed by atoms with van der Waals surface area (Å²) < 4.78 is 0. The number of fused-ring (bicyclic) bond motifs is 6. The summed E-state index contributed by atoms with van der Waals surface area (Å²) >= 11 is 0. The number of benzene rings is 2. The fourth-order valence-corrected chi connectivity index (χ4v) is 8.55. The third kappa shape index (κ3) is 1.14. The molecule has 0 radical (unpaired) electrons. The van der Waals surface area contributed by atoms with Gasteiger partial charge in [-0.2, -0.15) is 0 Å². The molecule has 4 fully saturated rings. The van der Waals surface area contributed by atoms with Crippen molar-refractivity contribution in [2.24, 2.45) is 17.3 Å². The average molecular weight is 314 g/mol. The molecule has 0 aromatic heterocycles. The van der Waals surface area contributed by atoms with Gasteiger partial charge >= 0.3 is 0 Å². The molecule has 4 aliphatic carbocycles. The van der Waals surface area contributed by atoms with E-state index in [-0.39, 0.29) is 0 Å². The molecule has 0 bridgehead atoms. The lowest BCUT2D eigenvalue weighted by molar-refractivity contribution is 0.120. The molecule has 0 amide bonds. The summed E-state index contributed by atoms with van der Waals surface area (Å²) in [4.78, 5) is 0. The van der Waals surface area contributed by atoms with Crippen molar-refractivity contribution in [3.63, 3.8) is 0 Å². The van der Waals surface area contributed by atoms with Crippen LogP contribution < -0.4 is 0 Å². The Morgan fingerprint density at radius 2 is 1.04 bits per heavy atom. The standard InChI is InChI=1S/C24H26/c1-3-10-18(11-4-1)23-20-14-9-15-21(20)24(23,19-12-5-2-6-13-19)22(23)16-7-8-17-22/h1-6,10-13,20-21H,7-9,14-17H2/t20-,21+,23-,24+. The molecule has 0 heterocycles. The second-order valence-electron chi connectivity index (χ2n) is 8.78. The summed E-state index contributed by atoms with van der Waals surface area (Å²) in [6, 6.07) is 23.3. The van der Waals surface area contributed by atoms with Crippen molar-refractivity contribution < 1.29 is 0 Å². The Kier molecular flexibility index (Phi) is 2.48. The largest absolute Gasteiger partial charge is 0.0622 e. The summed E-state index contributed by atoms with van der Waals surface area (Å²) in [5.74, 6) is 1.89. The van der Waals surface area contributed by atoms with Crippen LogP contribution in [-0.4, -0.2) is 0 Å². The van der Waals surface area contributed by atoms with Crippen molar-refractivity contribution >= 4 is 0 Å². The smallest absolute Gasteiger partial charge is 0.0155 e. The molecule has 4 atom stereocenters. The first-order valence-electron chi connectivity index (χ1n) is 10.0. The van der Waals surface area contributed by atoms with Crippen molar-refractivity contribution in [2.45, 2.75) is 55.8 Å². The average Bonchev–Trinajstić information content (AvgIpc) is 3.09. The molecule has 2 aromatic carbocycles. The van der Waals surface area contributed by atoms with Gasteiger partial charge in [-0.15, -0.1) is 0 Å². The zero-order valence-electron chi connectivity index (χ0n) is 14.4. The van der Waals surface area contributed by atoms with Crippen LogP contribution >= 0.6 is 0 Å². The lowest BCUT2D eigenvalue weighted by Crippen LogP contribution is -2.49. The van der Waals surface area contributed by atoms with Gasteiger partial charge in [0, 0.05) is 10.8 Å². The lowest BCUT2D eigenvalue weighted by Gasteiger charge is -2.49. The fraction of sp³-hybridized carbons (Fsp3) is 0.500. The van der Waals surface area contributed by atoms with Gasteiger partial charge in [-0.05, 0) is 54.1 Å². The SMILES string of the molecule is c1ccc([C@@]23[C@H]4CCC[C@H]4[C@]2(c2ccccc2)C32CCCC2)cc1. The highest BCUT2D eigenvalue weighted by molar-refractivity contribution is 5.65. The number of hydrogen-bond donors (Lipinski definition) is 0. The van der Waals surface area contributed by atoms with E-state index in [4.69, 9.17) is 0 Å². The second-order valence-corrected chi connectivity index (χ2v) is 8.78. The fourth-order valence-electron chi connectivity index (χ4n) is 8.55. The van der Waals surface area contributed by atoms with Gasteiger partial charge in [0.15, 0.2) is 0 Å². The van der Waals surface area contributed by atoms with Crippen LogP contribution in [-0.2, 0) is 10.8 Å². The summed E-state index contributed by atoms with van der Waals surface area (Å²) in [5.41, 5.74) is 4.82. The van der Waals surface area contributed by atoms with Crippen molar-refractivity contribution in [1.82, 2.24) is 0 Å². The maximum Gasteiger partial charge on any atom is 0.0155 e. The van der Waals surface area contributed by atoms with E-state index in [1.165, 1.54) is 44.9 Å². The molecular weight excluding hydrogens is 288 g/mol. The third-order valence-electron chi connectivity index (χ3n) is 8.61. The van der Waals surface area contributed by atoms with Gasteiger partial charge in [0.05, 0.1) is 0 Å². The third-order valence-corrected chi connectivity index (χ3v) is 8.61. The van der Waals surface area contributed by atoms with Crippen LogP contribution in [0.4, 0.5) is 0 Å². The predicted molar refractivity (Wildman–Crippen MR) is 98.0 cm³/mol. The monoisotopic (exact) mass is 314 g/mol. The quantitative estimate of drug-likeness (QED) is 0.650. The van der Waals surface area contributed by atoms with Crippen molar-refractivity contribution in [1.29, 1.82) is 0 Å². The topological polar surface area (TPSA) is 0 Å². The van der Waals surface area contributed by atoms with Crippen molar-refractivity contribution in [3.8, 4) is 0 Å². The predicted octanol–water partition coefficient (Wildman–Crippen LogP) is 5.87. The molecule has 122 valence electrons. The molecule has 0 unspecified atom stereocenters. The molecule has 4 aliphatic rings. The minimum absolute atomic E-state index is 0.459. The Hall–Kier alpha value is -1.56. The van der Waals surface area contributed by atoms with Crippen LogP contribution in [0.5, 0.6) is 0 Å². The zero-order valence-corrected chi connectivity index (χ0v) is 14.4. The number of rotatable bonds is 2. The molecule has 0 nitrogen and oxygen atoms in total. The molecule has 4 saturated carbocycles. The van der Waals surface area contributed by atoms with E-state index in [2.05, 4.69) is 60.7 Å². The van der Waals surface area contributed by atoms with E-state index in [1.807, 2.05) is 0 Å². The molecule has 1 spiro atoms. The molecular formula is C24H26. The first kappa shape index (κ1) is 13.7. The Bertz CT molecular complexity index is 709. The molecule has 2 aromatic rings. The van der Waals surface area contributed by atoms with Crippen LogP contribution in [0.2, 0.25) is 0 Å². The number of hydrogen-bond acceptors (Lipinski definition) is 0. The summed E-state index contributed by atoms with van der Waals surface area (Å²) in [6.45, 7) is 0. The molecule has 0 heteroatoms. The van der Waals surface area contributed by atoms with E-state index in [0.29, 0.717) is 16.2 Å². The van der Waals surface area contributed by atoms with E-state index >= 15 is 0 Å². The van der Waals surface area contributed by atoms with Crippen molar-refractivity contribution in [3.05, 3.63) is 71.8 Å². The second kappa shape index (κ2) is 4.34. The van der Waals surface area contributed by atoms with Crippen LogP contribution in [0.3, 0.4) is 0 Å². The van der Waals surface area contributed by atoms with Gasteiger partial charge in [-0.3, -0.25) is 0 Å². The lowest BCUT2D eigenvalue weighted by atomic mass is 9.54. The molecule has 6 rings (SSSR count). The van der Waals surface area contributed by atoms with Crippen LogP contribution in [0.25, 0.3) is 0 Å². The van der Waals surface area contributed by atoms with E-state index in [9.17, 15) is 0 Å². The Morgan fingerprint density at radius 3 is 1.50 bits per heavy atom. The molecule has 0 aliphatic heterocycles. The van der Waals surface area contributed by atoms with Crippen LogP contribution in [0.1, 0.15) is 56.1 Å². The van der Waals surface area contributed by atoms with E-state index in [1.54, 1.807) is 11.1 Å². The van der Waals surface area contributed by atoms with Gasteiger partial charge in [0.25, 0.3) is 0 Å². The van der Waals surface area contributed by atoms with Gasteiger partial charge in [-0.1, -0.05) is 79.9 Å². The van der Waals surface area contributed by atoms with E-state index in [0.717, 1.165) is 11.8 Å². The Labute approximate surface area is 145 Å². The Balaban J connectivity index is 1.64.